The summed E-state index contributed by atoms with van der Waals surface area (Å²) in [5, 5.41) is 0. The van der Waals surface area contributed by atoms with E-state index in [1.165, 1.54) is 0 Å². The summed E-state index contributed by atoms with van der Waals surface area (Å²) in [6.45, 7) is 1.65. The fourth-order valence-electron chi connectivity index (χ4n) is 2.07. The molecule has 5 nitrogen and oxygen atoms in total. The molecule has 0 aliphatic carbocycles. The molecular formula is C13H17Cl2N5. The molecule has 1 aliphatic rings. The molecule has 1 fully saturated rings. The van der Waals surface area contributed by atoms with Crippen LogP contribution in [0.15, 0.2) is 36.4 Å². The first-order chi connectivity index (χ1) is 8.72. The van der Waals surface area contributed by atoms with Crippen molar-refractivity contribution in [2.75, 3.05) is 23.7 Å². The van der Waals surface area contributed by atoms with Crippen LogP contribution < -0.4 is 16.4 Å². The second-order valence-electron chi connectivity index (χ2n) is 4.50. The van der Waals surface area contributed by atoms with Gasteiger partial charge in [-0.15, -0.1) is 24.8 Å². The number of nitrogen functional groups attached to an aromatic ring is 1. The van der Waals surface area contributed by atoms with Gasteiger partial charge in [0.15, 0.2) is 0 Å². The molecule has 20 heavy (non-hydrogen) atoms. The van der Waals surface area contributed by atoms with Gasteiger partial charge in [0.2, 0.25) is 5.95 Å². The van der Waals surface area contributed by atoms with Gasteiger partial charge < -0.3 is 16.4 Å². The van der Waals surface area contributed by atoms with Crippen LogP contribution in [0, 0.1) is 0 Å². The summed E-state index contributed by atoms with van der Waals surface area (Å²) in [6.07, 6.45) is 0. The lowest BCUT2D eigenvalue weighted by molar-refractivity contribution is 0.514. The van der Waals surface area contributed by atoms with Crippen LogP contribution in [0.1, 0.15) is 0 Å². The Kier molecular flexibility index (Phi) is 5.56. The van der Waals surface area contributed by atoms with E-state index in [1.807, 2.05) is 36.4 Å². The molecule has 0 saturated carbocycles. The van der Waals surface area contributed by atoms with Crippen LogP contribution in [0.25, 0.3) is 11.3 Å². The van der Waals surface area contributed by atoms with Crippen molar-refractivity contribution in [3.63, 3.8) is 0 Å². The van der Waals surface area contributed by atoms with Crippen LogP contribution in [-0.2, 0) is 0 Å². The van der Waals surface area contributed by atoms with Gasteiger partial charge in [-0.2, -0.15) is 4.98 Å². The average molecular weight is 314 g/mol. The lowest BCUT2D eigenvalue weighted by Gasteiger charge is -2.37. The van der Waals surface area contributed by atoms with Crippen molar-refractivity contribution in [3.05, 3.63) is 36.4 Å². The number of benzene rings is 1. The first-order valence-electron chi connectivity index (χ1n) is 5.93. The fraction of sp³-hybridized carbons (Fsp3) is 0.231. The summed E-state index contributed by atoms with van der Waals surface area (Å²) >= 11 is 0. The molecule has 0 bridgehead atoms. The van der Waals surface area contributed by atoms with E-state index in [2.05, 4.69) is 14.9 Å². The van der Waals surface area contributed by atoms with Gasteiger partial charge in [0.25, 0.3) is 0 Å². The summed E-state index contributed by atoms with van der Waals surface area (Å²) in [5.41, 5.74) is 13.4. The third kappa shape index (κ3) is 3.30. The van der Waals surface area contributed by atoms with Gasteiger partial charge in [-0.05, 0) is 0 Å². The summed E-state index contributed by atoms with van der Waals surface area (Å²) in [7, 11) is 0. The van der Waals surface area contributed by atoms with Crippen molar-refractivity contribution in [2.24, 2.45) is 5.73 Å². The molecule has 0 unspecified atom stereocenters. The highest BCUT2D eigenvalue weighted by Crippen LogP contribution is 2.24. The average Bonchev–Trinajstić information content (AvgIpc) is 2.35. The maximum Gasteiger partial charge on any atom is 0.222 e. The van der Waals surface area contributed by atoms with Crippen LogP contribution in [0.4, 0.5) is 11.8 Å². The van der Waals surface area contributed by atoms with Crippen LogP contribution in [0.3, 0.4) is 0 Å². The van der Waals surface area contributed by atoms with E-state index in [0.717, 1.165) is 30.2 Å². The van der Waals surface area contributed by atoms with Crippen LogP contribution >= 0.6 is 24.8 Å². The summed E-state index contributed by atoms with van der Waals surface area (Å²) in [6, 6.07) is 12.1. The third-order valence-electron chi connectivity index (χ3n) is 3.03. The van der Waals surface area contributed by atoms with Crippen molar-refractivity contribution < 1.29 is 0 Å². The number of hydrogen-bond donors (Lipinski definition) is 2. The van der Waals surface area contributed by atoms with Crippen molar-refractivity contribution in [3.8, 4) is 11.3 Å². The summed E-state index contributed by atoms with van der Waals surface area (Å²) < 4.78 is 0. The van der Waals surface area contributed by atoms with Gasteiger partial charge >= 0.3 is 0 Å². The Bertz CT molecular complexity index is 558. The number of aromatic nitrogens is 2. The quantitative estimate of drug-likeness (QED) is 0.882. The van der Waals surface area contributed by atoms with E-state index < -0.39 is 0 Å². The Labute approximate surface area is 130 Å². The summed E-state index contributed by atoms with van der Waals surface area (Å²) in [5.74, 6) is 1.15. The Morgan fingerprint density at radius 3 is 2.30 bits per heavy atom. The van der Waals surface area contributed by atoms with Crippen LogP contribution in [0.2, 0.25) is 0 Å². The maximum atomic E-state index is 5.78. The molecule has 7 heteroatoms. The summed E-state index contributed by atoms with van der Waals surface area (Å²) in [4.78, 5) is 10.6. The SMILES string of the molecule is Cl.Cl.Nc1nc(-c2ccccc2)cc(N2CC(N)C2)n1. The first kappa shape index (κ1) is 16.5. The molecule has 1 aliphatic heterocycles. The zero-order chi connectivity index (χ0) is 12.5. The lowest BCUT2D eigenvalue weighted by Crippen LogP contribution is -2.56. The topological polar surface area (TPSA) is 81.1 Å². The van der Waals surface area contributed by atoms with Gasteiger partial charge in [-0.1, -0.05) is 30.3 Å². The Morgan fingerprint density at radius 1 is 1.05 bits per heavy atom. The predicted molar refractivity (Wildman–Crippen MR) is 86.6 cm³/mol. The zero-order valence-corrected chi connectivity index (χ0v) is 12.4. The standard InChI is InChI=1S/C13H15N5.2ClH/c14-10-7-18(8-10)12-6-11(16-13(15)17-12)9-4-2-1-3-5-9;;/h1-6,10H,7-8,14H2,(H2,15,16,17);2*1H. The maximum absolute atomic E-state index is 5.78. The minimum atomic E-state index is 0. The minimum Gasteiger partial charge on any atom is -0.368 e. The van der Waals surface area contributed by atoms with Gasteiger partial charge in [0.05, 0.1) is 5.69 Å². The van der Waals surface area contributed by atoms with Gasteiger partial charge in [0.1, 0.15) is 5.82 Å². The zero-order valence-electron chi connectivity index (χ0n) is 10.8. The fourth-order valence-corrected chi connectivity index (χ4v) is 2.07. The van der Waals surface area contributed by atoms with E-state index in [-0.39, 0.29) is 30.9 Å². The molecule has 1 aromatic heterocycles. The van der Waals surface area contributed by atoms with E-state index in [9.17, 15) is 0 Å². The van der Waals surface area contributed by atoms with E-state index in [0.29, 0.717) is 5.95 Å². The van der Waals surface area contributed by atoms with Crippen molar-refractivity contribution >= 4 is 36.6 Å². The van der Waals surface area contributed by atoms with Crippen molar-refractivity contribution in [1.29, 1.82) is 0 Å². The highest BCUT2D eigenvalue weighted by atomic mass is 35.5. The van der Waals surface area contributed by atoms with Crippen LogP contribution in [0.5, 0.6) is 0 Å². The monoisotopic (exact) mass is 313 g/mol. The molecule has 2 heterocycles. The lowest BCUT2D eigenvalue weighted by atomic mass is 10.1. The third-order valence-corrected chi connectivity index (χ3v) is 3.03. The molecule has 0 atom stereocenters. The highest BCUT2D eigenvalue weighted by Gasteiger charge is 2.24. The normalized spacial score (nSPS) is 13.9. The molecule has 0 radical (unpaired) electrons. The number of anilines is 2. The second kappa shape index (κ2) is 6.74. The second-order valence-corrected chi connectivity index (χ2v) is 4.50. The number of halogens is 2. The Hall–Kier alpha value is -1.56. The molecule has 1 aromatic carbocycles. The molecule has 3 rings (SSSR count). The molecular weight excluding hydrogens is 297 g/mol. The smallest absolute Gasteiger partial charge is 0.222 e. The van der Waals surface area contributed by atoms with Crippen molar-refractivity contribution in [1.82, 2.24) is 9.97 Å². The Balaban J connectivity index is 0.000001000. The minimum absolute atomic E-state index is 0. The van der Waals surface area contributed by atoms with E-state index in [4.69, 9.17) is 11.5 Å². The molecule has 0 amide bonds. The number of nitrogens with zero attached hydrogens (tertiary/aromatic N) is 3. The first-order valence-corrected chi connectivity index (χ1v) is 5.93. The molecule has 1 saturated heterocycles. The number of nitrogens with two attached hydrogens (primary N) is 2. The molecule has 0 spiro atoms. The van der Waals surface area contributed by atoms with E-state index in [1.54, 1.807) is 0 Å². The Morgan fingerprint density at radius 2 is 1.70 bits per heavy atom. The van der Waals surface area contributed by atoms with Gasteiger partial charge in [-0.25, -0.2) is 4.98 Å². The molecule has 4 N–H and O–H groups in total. The van der Waals surface area contributed by atoms with E-state index >= 15 is 0 Å². The van der Waals surface area contributed by atoms with Gasteiger partial charge in [0, 0.05) is 30.8 Å². The highest BCUT2D eigenvalue weighted by molar-refractivity contribution is 5.85. The number of rotatable bonds is 2. The predicted octanol–water partition coefficient (Wildman–Crippen LogP) is 1.72. The van der Waals surface area contributed by atoms with Crippen molar-refractivity contribution in [2.45, 2.75) is 6.04 Å². The molecule has 2 aromatic rings. The molecule has 108 valence electrons. The largest absolute Gasteiger partial charge is 0.368 e. The van der Waals surface area contributed by atoms with Gasteiger partial charge in [-0.3, -0.25) is 0 Å². The number of hydrogen-bond acceptors (Lipinski definition) is 5. The van der Waals surface area contributed by atoms with Crippen LogP contribution in [-0.4, -0.2) is 29.1 Å².